The Morgan fingerprint density at radius 3 is 2.53 bits per heavy atom. The Balaban J connectivity index is 2.14. The van der Waals surface area contributed by atoms with Crippen molar-refractivity contribution < 1.29 is 4.79 Å². The molecular weight excluding hydrogens is 212 g/mol. The summed E-state index contributed by atoms with van der Waals surface area (Å²) < 4.78 is 0. The highest BCUT2D eigenvalue weighted by molar-refractivity contribution is 5.95. The lowest BCUT2D eigenvalue weighted by Gasteiger charge is -2.25. The lowest BCUT2D eigenvalue weighted by molar-refractivity contribution is 0.0908. The van der Waals surface area contributed by atoms with Gasteiger partial charge in [-0.3, -0.25) is 4.79 Å². The van der Waals surface area contributed by atoms with Crippen LogP contribution in [0.1, 0.15) is 48.5 Å². The molecule has 0 aromatic heterocycles. The van der Waals surface area contributed by atoms with Crippen molar-refractivity contribution in [3.8, 4) is 0 Å². The normalized spacial score (nSPS) is 18.0. The molecule has 1 aromatic carbocycles. The molecule has 1 aliphatic carbocycles. The molecule has 1 amide bonds. The summed E-state index contributed by atoms with van der Waals surface area (Å²) in [5, 5.41) is 3.13. The molecule has 0 saturated heterocycles. The van der Waals surface area contributed by atoms with Crippen molar-refractivity contribution >= 4 is 11.6 Å². The molecule has 1 fully saturated rings. The number of carbonyl (C=O) groups is 1. The van der Waals surface area contributed by atoms with Crippen LogP contribution in [0.3, 0.4) is 0 Å². The number of nitrogen functional groups attached to an aromatic ring is 1. The molecule has 3 nitrogen and oxygen atoms in total. The van der Waals surface area contributed by atoms with Gasteiger partial charge in [-0.05, 0) is 50.5 Å². The third-order valence-electron chi connectivity index (χ3n) is 3.48. The van der Waals surface area contributed by atoms with Crippen molar-refractivity contribution in [2.75, 3.05) is 5.73 Å². The number of hydrogen-bond acceptors (Lipinski definition) is 2. The van der Waals surface area contributed by atoms with E-state index in [2.05, 4.69) is 12.2 Å². The zero-order valence-corrected chi connectivity index (χ0v) is 10.5. The maximum absolute atomic E-state index is 12.1. The number of rotatable bonds is 2. The van der Waals surface area contributed by atoms with E-state index in [4.69, 9.17) is 5.73 Å². The Labute approximate surface area is 102 Å². The number of aryl methyl sites for hydroxylation is 1. The van der Waals surface area contributed by atoms with Gasteiger partial charge in [0.05, 0.1) is 0 Å². The first kappa shape index (κ1) is 12.0. The van der Waals surface area contributed by atoms with Crippen molar-refractivity contribution in [2.24, 2.45) is 0 Å². The van der Waals surface area contributed by atoms with Crippen molar-refractivity contribution in [1.29, 1.82) is 0 Å². The number of nitrogens with one attached hydrogen (secondary N) is 1. The average molecular weight is 232 g/mol. The molecular formula is C14H20N2O. The summed E-state index contributed by atoms with van der Waals surface area (Å²) in [7, 11) is 0. The molecule has 3 N–H and O–H groups in total. The maximum atomic E-state index is 12.1. The summed E-state index contributed by atoms with van der Waals surface area (Å²) in [6.45, 7) is 4.07. The predicted octanol–water partition coefficient (Wildman–Crippen LogP) is 2.64. The maximum Gasteiger partial charge on any atom is 0.251 e. The molecule has 1 aliphatic rings. The highest BCUT2D eigenvalue weighted by Gasteiger charge is 2.30. The van der Waals surface area contributed by atoms with Crippen LogP contribution in [0.25, 0.3) is 0 Å². The molecule has 0 atom stereocenters. The Bertz CT molecular complexity index is 414. The largest absolute Gasteiger partial charge is 0.399 e. The minimum atomic E-state index is -0.0322. The van der Waals surface area contributed by atoms with E-state index >= 15 is 0 Å². The highest BCUT2D eigenvalue weighted by atomic mass is 16.1. The topological polar surface area (TPSA) is 55.1 Å². The highest BCUT2D eigenvalue weighted by Crippen LogP contribution is 2.29. The standard InChI is InChI=1S/C14H20N2O/c1-10-7-11(9-12(15)8-10)13(17)16-14(2)5-3-4-6-14/h7-9H,3-6,15H2,1-2H3,(H,16,17). The van der Waals surface area contributed by atoms with Gasteiger partial charge < -0.3 is 11.1 Å². The van der Waals surface area contributed by atoms with E-state index in [0.717, 1.165) is 18.4 Å². The van der Waals surface area contributed by atoms with Crippen LogP contribution in [-0.2, 0) is 0 Å². The number of carbonyl (C=O) groups excluding carboxylic acids is 1. The average Bonchev–Trinajstić information content (AvgIpc) is 2.63. The Kier molecular flexibility index (Phi) is 3.09. The summed E-state index contributed by atoms with van der Waals surface area (Å²) >= 11 is 0. The lowest BCUT2D eigenvalue weighted by atomic mass is 9.99. The van der Waals surface area contributed by atoms with E-state index in [9.17, 15) is 4.79 Å². The predicted molar refractivity (Wildman–Crippen MR) is 69.9 cm³/mol. The fourth-order valence-electron chi connectivity index (χ4n) is 2.57. The Hall–Kier alpha value is -1.51. The van der Waals surface area contributed by atoms with Gasteiger partial charge >= 0.3 is 0 Å². The third-order valence-corrected chi connectivity index (χ3v) is 3.48. The van der Waals surface area contributed by atoms with Crippen LogP contribution >= 0.6 is 0 Å². The van der Waals surface area contributed by atoms with Gasteiger partial charge in [-0.15, -0.1) is 0 Å². The first-order valence-electron chi connectivity index (χ1n) is 6.18. The molecule has 0 bridgehead atoms. The van der Waals surface area contributed by atoms with Crippen LogP contribution in [0.5, 0.6) is 0 Å². The molecule has 92 valence electrons. The smallest absolute Gasteiger partial charge is 0.251 e. The van der Waals surface area contributed by atoms with Gasteiger partial charge in [-0.1, -0.05) is 12.8 Å². The molecule has 0 unspecified atom stereocenters. The van der Waals surface area contributed by atoms with Gasteiger partial charge in [-0.25, -0.2) is 0 Å². The third kappa shape index (κ3) is 2.78. The number of nitrogens with two attached hydrogens (primary N) is 1. The van der Waals surface area contributed by atoms with Crippen LogP contribution in [-0.4, -0.2) is 11.4 Å². The molecule has 1 saturated carbocycles. The van der Waals surface area contributed by atoms with Crippen LogP contribution < -0.4 is 11.1 Å². The van der Waals surface area contributed by atoms with E-state index in [1.165, 1.54) is 12.8 Å². The second-order valence-corrected chi connectivity index (χ2v) is 5.35. The molecule has 17 heavy (non-hydrogen) atoms. The number of amides is 1. The minimum absolute atomic E-state index is 0.00944. The van der Waals surface area contributed by atoms with E-state index in [-0.39, 0.29) is 11.4 Å². The van der Waals surface area contributed by atoms with Crippen molar-refractivity contribution in [3.05, 3.63) is 29.3 Å². The van der Waals surface area contributed by atoms with Gasteiger partial charge in [0.2, 0.25) is 0 Å². The minimum Gasteiger partial charge on any atom is -0.399 e. The van der Waals surface area contributed by atoms with Gasteiger partial charge in [0.15, 0.2) is 0 Å². The summed E-state index contributed by atoms with van der Waals surface area (Å²) in [4.78, 5) is 12.1. The second-order valence-electron chi connectivity index (χ2n) is 5.35. The summed E-state index contributed by atoms with van der Waals surface area (Å²) in [5.74, 6) is -0.00944. The van der Waals surface area contributed by atoms with Crippen LogP contribution in [0.4, 0.5) is 5.69 Å². The van der Waals surface area contributed by atoms with E-state index in [0.29, 0.717) is 11.3 Å². The number of hydrogen-bond donors (Lipinski definition) is 2. The lowest BCUT2D eigenvalue weighted by Crippen LogP contribution is -2.43. The fourth-order valence-corrected chi connectivity index (χ4v) is 2.57. The van der Waals surface area contributed by atoms with Gasteiger partial charge in [0, 0.05) is 16.8 Å². The molecule has 3 heteroatoms. The van der Waals surface area contributed by atoms with E-state index in [1.54, 1.807) is 6.07 Å². The quantitative estimate of drug-likeness (QED) is 0.770. The van der Waals surface area contributed by atoms with Crippen molar-refractivity contribution in [3.63, 3.8) is 0 Å². The first-order chi connectivity index (χ1) is 7.98. The van der Waals surface area contributed by atoms with Crippen LogP contribution in [0.15, 0.2) is 18.2 Å². The Morgan fingerprint density at radius 1 is 1.29 bits per heavy atom. The molecule has 0 radical (unpaired) electrons. The van der Waals surface area contributed by atoms with Gasteiger partial charge in [0.25, 0.3) is 5.91 Å². The molecule has 0 spiro atoms. The van der Waals surface area contributed by atoms with Gasteiger partial charge in [0.1, 0.15) is 0 Å². The van der Waals surface area contributed by atoms with Gasteiger partial charge in [-0.2, -0.15) is 0 Å². The molecule has 0 aliphatic heterocycles. The van der Waals surface area contributed by atoms with Crippen LogP contribution in [0.2, 0.25) is 0 Å². The summed E-state index contributed by atoms with van der Waals surface area (Å²) in [6, 6.07) is 5.48. The number of benzene rings is 1. The SMILES string of the molecule is Cc1cc(N)cc(C(=O)NC2(C)CCCC2)c1. The second kappa shape index (κ2) is 4.40. The zero-order chi connectivity index (χ0) is 12.5. The van der Waals surface area contributed by atoms with E-state index < -0.39 is 0 Å². The fraction of sp³-hybridized carbons (Fsp3) is 0.500. The monoisotopic (exact) mass is 232 g/mol. The summed E-state index contributed by atoms with van der Waals surface area (Å²) in [6.07, 6.45) is 4.54. The van der Waals surface area contributed by atoms with Crippen molar-refractivity contribution in [1.82, 2.24) is 5.32 Å². The molecule has 0 heterocycles. The first-order valence-corrected chi connectivity index (χ1v) is 6.18. The zero-order valence-electron chi connectivity index (χ0n) is 10.5. The number of anilines is 1. The van der Waals surface area contributed by atoms with Crippen molar-refractivity contribution in [2.45, 2.75) is 45.1 Å². The van der Waals surface area contributed by atoms with Crippen LogP contribution in [0, 0.1) is 6.92 Å². The Morgan fingerprint density at radius 2 is 1.94 bits per heavy atom. The molecule has 1 aromatic rings. The van der Waals surface area contributed by atoms with E-state index in [1.807, 2.05) is 19.1 Å². The molecule has 2 rings (SSSR count). The summed E-state index contributed by atoms with van der Waals surface area (Å²) in [5.41, 5.74) is 8.05.